The SMILES string of the molecule is C=CCN1C(=O)C2CCC1(C(NC(=O)OC(C)(C)C)c1ccc(S(=O)(=O)CCC)cc1)CC2. The van der Waals surface area contributed by atoms with E-state index in [0.29, 0.717) is 13.0 Å². The number of nitrogens with zero attached hydrogens (tertiary/aromatic N) is 1. The van der Waals surface area contributed by atoms with Gasteiger partial charge in [-0.05, 0) is 70.6 Å². The van der Waals surface area contributed by atoms with Crippen LogP contribution in [0.1, 0.15) is 71.4 Å². The minimum atomic E-state index is -3.36. The zero-order valence-electron chi connectivity index (χ0n) is 20.1. The second kappa shape index (κ2) is 9.49. The van der Waals surface area contributed by atoms with Crippen LogP contribution in [-0.2, 0) is 19.4 Å². The topological polar surface area (TPSA) is 92.8 Å². The molecule has 0 radical (unpaired) electrons. The van der Waals surface area contributed by atoms with Crippen LogP contribution in [0.25, 0.3) is 0 Å². The first kappa shape index (κ1) is 25.3. The van der Waals surface area contributed by atoms with Gasteiger partial charge in [0.05, 0.1) is 22.2 Å². The van der Waals surface area contributed by atoms with Gasteiger partial charge in [0, 0.05) is 12.5 Å². The van der Waals surface area contributed by atoms with Crippen LogP contribution in [0.3, 0.4) is 0 Å². The highest BCUT2D eigenvalue weighted by atomic mass is 32.2. The lowest BCUT2D eigenvalue weighted by molar-refractivity contribution is -0.158. The lowest BCUT2D eigenvalue weighted by atomic mass is 9.65. The van der Waals surface area contributed by atoms with Crippen molar-refractivity contribution in [1.82, 2.24) is 10.2 Å². The minimum Gasteiger partial charge on any atom is -0.444 e. The van der Waals surface area contributed by atoms with Crippen LogP contribution in [0, 0.1) is 5.92 Å². The summed E-state index contributed by atoms with van der Waals surface area (Å²) in [5.74, 6) is 0.180. The number of rotatable bonds is 8. The van der Waals surface area contributed by atoms with E-state index in [-0.39, 0.29) is 22.5 Å². The Morgan fingerprint density at radius 2 is 1.88 bits per heavy atom. The first-order valence-corrected chi connectivity index (χ1v) is 13.3. The highest BCUT2D eigenvalue weighted by Gasteiger charge is 2.55. The molecule has 1 saturated carbocycles. The Balaban J connectivity index is 2.04. The van der Waals surface area contributed by atoms with Gasteiger partial charge in [-0.15, -0.1) is 6.58 Å². The number of carbonyl (C=O) groups is 2. The third kappa shape index (κ3) is 5.26. The van der Waals surface area contributed by atoms with Crippen LogP contribution >= 0.6 is 0 Å². The van der Waals surface area contributed by atoms with Crippen molar-refractivity contribution in [3.63, 3.8) is 0 Å². The van der Waals surface area contributed by atoms with Crippen LogP contribution in [0.15, 0.2) is 41.8 Å². The van der Waals surface area contributed by atoms with E-state index in [4.69, 9.17) is 4.74 Å². The quantitative estimate of drug-likeness (QED) is 0.562. The van der Waals surface area contributed by atoms with Gasteiger partial charge in [-0.1, -0.05) is 25.1 Å². The molecular formula is C25H36N2O5S. The van der Waals surface area contributed by atoms with Crippen molar-refractivity contribution in [2.75, 3.05) is 12.3 Å². The zero-order valence-corrected chi connectivity index (χ0v) is 20.9. The van der Waals surface area contributed by atoms with Gasteiger partial charge in [-0.3, -0.25) is 4.79 Å². The molecule has 8 heteroatoms. The number of hydrogen-bond donors (Lipinski definition) is 1. The molecule has 4 rings (SSSR count). The maximum atomic E-state index is 13.1. The molecule has 2 bridgehead atoms. The zero-order chi connectivity index (χ0) is 24.4. The van der Waals surface area contributed by atoms with Gasteiger partial charge in [0.2, 0.25) is 5.91 Å². The number of sulfone groups is 1. The predicted octanol–water partition coefficient (Wildman–Crippen LogP) is 4.39. The van der Waals surface area contributed by atoms with E-state index in [1.807, 2.05) is 11.8 Å². The molecule has 0 spiro atoms. The smallest absolute Gasteiger partial charge is 0.408 e. The molecule has 1 atom stereocenters. The summed E-state index contributed by atoms with van der Waals surface area (Å²) in [7, 11) is -3.36. The summed E-state index contributed by atoms with van der Waals surface area (Å²) in [5, 5.41) is 3.03. The van der Waals surface area contributed by atoms with Crippen molar-refractivity contribution >= 4 is 21.8 Å². The molecule has 1 aliphatic carbocycles. The van der Waals surface area contributed by atoms with Gasteiger partial charge < -0.3 is 15.0 Å². The predicted molar refractivity (Wildman–Crippen MR) is 127 cm³/mol. The third-order valence-corrected chi connectivity index (χ3v) is 8.50. The molecule has 3 fully saturated rings. The number of fused-ring (bicyclic) bond motifs is 3. The Hall–Kier alpha value is -2.35. The Morgan fingerprint density at radius 1 is 1.27 bits per heavy atom. The summed E-state index contributed by atoms with van der Waals surface area (Å²) in [4.78, 5) is 28.1. The molecule has 2 heterocycles. The van der Waals surface area contributed by atoms with Crippen LogP contribution in [0.5, 0.6) is 0 Å². The average Bonchev–Trinajstić information content (AvgIpc) is 2.74. The number of amides is 2. The van der Waals surface area contributed by atoms with E-state index >= 15 is 0 Å². The number of ether oxygens (including phenoxy) is 1. The average molecular weight is 477 g/mol. The van der Waals surface area contributed by atoms with Crippen molar-refractivity contribution in [3.8, 4) is 0 Å². The van der Waals surface area contributed by atoms with E-state index in [0.717, 1.165) is 31.2 Å². The largest absolute Gasteiger partial charge is 0.444 e. The van der Waals surface area contributed by atoms with E-state index in [2.05, 4.69) is 11.9 Å². The van der Waals surface area contributed by atoms with E-state index < -0.39 is 33.1 Å². The van der Waals surface area contributed by atoms with Crippen molar-refractivity contribution in [3.05, 3.63) is 42.5 Å². The Labute approximate surface area is 197 Å². The number of benzene rings is 1. The van der Waals surface area contributed by atoms with E-state index in [1.165, 1.54) is 0 Å². The number of hydrogen-bond acceptors (Lipinski definition) is 5. The van der Waals surface area contributed by atoms with Gasteiger partial charge in [0.25, 0.3) is 0 Å². The van der Waals surface area contributed by atoms with Gasteiger partial charge in [-0.2, -0.15) is 0 Å². The monoisotopic (exact) mass is 476 g/mol. The molecular weight excluding hydrogens is 440 g/mol. The van der Waals surface area contributed by atoms with E-state index in [1.54, 1.807) is 51.1 Å². The molecule has 33 heavy (non-hydrogen) atoms. The van der Waals surface area contributed by atoms with Crippen molar-refractivity contribution in [2.45, 2.75) is 81.9 Å². The van der Waals surface area contributed by atoms with Gasteiger partial charge in [-0.25, -0.2) is 13.2 Å². The Morgan fingerprint density at radius 3 is 2.39 bits per heavy atom. The molecule has 0 aromatic heterocycles. The number of alkyl carbamates (subject to hydrolysis) is 1. The first-order chi connectivity index (χ1) is 15.4. The van der Waals surface area contributed by atoms with Gasteiger partial charge in [0.1, 0.15) is 5.60 Å². The summed E-state index contributed by atoms with van der Waals surface area (Å²) in [6.45, 7) is 11.4. The fraction of sp³-hybridized carbons (Fsp3) is 0.600. The Kier molecular flexibility index (Phi) is 7.27. The fourth-order valence-corrected chi connectivity index (χ4v) is 6.45. The fourth-order valence-electron chi connectivity index (χ4n) is 5.13. The lowest BCUT2D eigenvalue weighted by Gasteiger charge is -2.57. The van der Waals surface area contributed by atoms with Gasteiger partial charge in [0.15, 0.2) is 9.84 Å². The number of piperidine rings is 2. The molecule has 1 aromatic carbocycles. The van der Waals surface area contributed by atoms with Crippen LogP contribution in [0.2, 0.25) is 0 Å². The summed E-state index contributed by atoms with van der Waals surface area (Å²) in [6, 6.07) is 6.14. The summed E-state index contributed by atoms with van der Waals surface area (Å²) < 4.78 is 30.5. The maximum absolute atomic E-state index is 13.1. The molecule has 182 valence electrons. The van der Waals surface area contributed by atoms with Crippen LogP contribution in [-0.4, -0.2) is 48.8 Å². The molecule has 7 nitrogen and oxygen atoms in total. The molecule has 1 unspecified atom stereocenters. The highest BCUT2D eigenvalue weighted by molar-refractivity contribution is 7.91. The third-order valence-electron chi connectivity index (χ3n) is 6.56. The van der Waals surface area contributed by atoms with Crippen molar-refractivity contribution < 1.29 is 22.7 Å². The van der Waals surface area contributed by atoms with Crippen LogP contribution < -0.4 is 5.32 Å². The maximum Gasteiger partial charge on any atom is 0.408 e. The molecule has 2 amide bonds. The van der Waals surface area contributed by atoms with Crippen molar-refractivity contribution in [1.29, 1.82) is 0 Å². The van der Waals surface area contributed by atoms with E-state index in [9.17, 15) is 18.0 Å². The standard InChI is InChI=1S/C25H36N2O5S/c1-6-16-27-22(28)19-12-14-25(27,15-13-19)21(26-23(29)32-24(3,4)5)18-8-10-20(11-9-18)33(30,31)17-7-2/h6,8-11,19,21H,1,7,12-17H2,2-5H3,(H,26,29). The molecule has 3 aliphatic rings. The second-order valence-corrected chi connectivity index (χ2v) is 12.2. The molecule has 1 N–H and O–H groups in total. The lowest BCUT2D eigenvalue weighted by Crippen LogP contribution is -2.66. The van der Waals surface area contributed by atoms with Crippen molar-refractivity contribution in [2.24, 2.45) is 5.92 Å². The summed E-state index contributed by atoms with van der Waals surface area (Å²) in [6.07, 6.45) is 4.70. The van der Waals surface area contributed by atoms with Crippen LogP contribution in [0.4, 0.5) is 4.79 Å². The number of nitrogens with one attached hydrogen (secondary N) is 1. The molecule has 2 aliphatic heterocycles. The summed E-state index contributed by atoms with van der Waals surface area (Å²) in [5.41, 5.74) is -0.551. The minimum absolute atomic E-state index is 0.00978. The van der Waals surface area contributed by atoms with Gasteiger partial charge >= 0.3 is 6.09 Å². The summed E-state index contributed by atoms with van der Waals surface area (Å²) >= 11 is 0. The molecule has 1 aromatic rings. The second-order valence-electron chi connectivity index (χ2n) is 10.1. The Bertz CT molecular complexity index is 987. The molecule has 2 saturated heterocycles. The highest BCUT2D eigenvalue weighted by Crippen LogP contribution is 2.50. The normalized spacial score (nSPS) is 23.8. The first-order valence-electron chi connectivity index (χ1n) is 11.7. The number of carbonyl (C=O) groups excluding carboxylic acids is 2.